The summed E-state index contributed by atoms with van der Waals surface area (Å²) in [5.74, 6) is -0.307. The van der Waals surface area contributed by atoms with Crippen LogP contribution in [0.1, 0.15) is 16.8 Å². The average molecular weight is 369 g/mol. The number of nitrogens with zero attached hydrogens (tertiary/aromatic N) is 2. The number of carbonyl (C=O) groups is 1. The highest BCUT2D eigenvalue weighted by Crippen LogP contribution is 2.14. The molecule has 1 aromatic heterocycles. The normalized spacial score (nSPS) is 11.0. The highest BCUT2D eigenvalue weighted by atomic mass is 35.5. The van der Waals surface area contributed by atoms with E-state index in [0.717, 1.165) is 12.2 Å². The van der Waals surface area contributed by atoms with Gasteiger partial charge in [-0.1, -0.05) is 53.0 Å². The lowest BCUT2D eigenvalue weighted by Gasteiger charge is -2.24. The molecule has 24 heavy (non-hydrogen) atoms. The molecule has 0 saturated heterocycles. The van der Waals surface area contributed by atoms with Crippen LogP contribution >= 0.6 is 23.2 Å². The van der Waals surface area contributed by atoms with Crippen LogP contribution in [0.25, 0.3) is 0 Å². The summed E-state index contributed by atoms with van der Waals surface area (Å²) < 4.78 is 7.20. The minimum atomic E-state index is -1.07. The van der Waals surface area contributed by atoms with Gasteiger partial charge in [0.1, 0.15) is 0 Å². The predicted octanol–water partition coefficient (Wildman–Crippen LogP) is 3.62. The van der Waals surface area contributed by atoms with Crippen LogP contribution in [-0.2, 0) is 22.6 Å². The van der Waals surface area contributed by atoms with Gasteiger partial charge in [-0.25, -0.2) is 0 Å². The van der Waals surface area contributed by atoms with Crippen LogP contribution in [0.4, 0.5) is 0 Å². The number of methoxy groups -OCH3 is 1. The molecule has 0 atom stereocenters. The van der Waals surface area contributed by atoms with E-state index in [-0.39, 0.29) is 5.91 Å². The summed E-state index contributed by atoms with van der Waals surface area (Å²) in [5.41, 5.74) is 3.47. The molecule has 1 heterocycles. The van der Waals surface area contributed by atoms with Gasteiger partial charge in [-0.05, 0) is 24.6 Å². The first-order valence-corrected chi connectivity index (χ1v) is 8.64. The quantitative estimate of drug-likeness (QED) is 0.666. The maximum atomic E-state index is 12.2. The number of hydrogen-bond donors (Lipinski definition) is 0. The van der Waals surface area contributed by atoms with Gasteiger partial charge in [0.05, 0.1) is 13.2 Å². The van der Waals surface area contributed by atoms with Crippen molar-refractivity contribution in [3.8, 4) is 0 Å². The highest BCUT2D eigenvalue weighted by molar-refractivity contribution is 6.53. The molecule has 1 aromatic carbocycles. The zero-order valence-corrected chi connectivity index (χ0v) is 15.4. The lowest BCUT2D eigenvalue weighted by molar-refractivity contribution is -0.130. The van der Waals surface area contributed by atoms with Crippen molar-refractivity contribution in [2.24, 2.45) is 0 Å². The van der Waals surface area contributed by atoms with Gasteiger partial charge in [0.2, 0.25) is 0 Å². The first-order valence-electron chi connectivity index (χ1n) is 7.76. The molecule has 4 nitrogen and oxygen atoms in total. The summed E-state index contributed by atoms with van der Waals surface area (Å²) >= 11 is 11.5. The van der Waals surface area contributed by atoms with Gasteiger partial charge in [-0.3, -0.25) is 4.79 Å². The van der Waals surface area contributed by atoms with Crippen LogP contribution in [0.2, 0.25) is 0 Å². The number of aryl methyl sites for hydroxylation is 1. The van der Waals surface area contributed by atoms with Crippen LogP contribution in [-0.4, -0.2) is 40.5 Å². The third-order valence-corrected chi connectivity index (χ3v) is 4.15. The van der Waals surface area contributed by atoms with Crippen molar-refractivity contribution >= 4 is 29.1 Å². The van der Waals surface area contributed by atoms with Crippen LogP contribution in [0.5, 0.6) is 0 Å². The van der Waals surface area contributed by atoms with Gasteiger partial charge in [-0.15, -0.1) is 0 Å². The van der Waals surface area contributed by atoms with E-state index in [1.165, 1.54) is 11.1 Å². The molecule has 0 bridgehead atoms. The number of rotatable bonds is 8. The van der Waals surface area contributed by atoms with Crippen LogP contribution in [0.3, 0.4) is 0 Å². The largest absolute Gasteiger partial charge is 0.383 e. The predicted molar refractivity (Wildman–Crippen MR) is 97.5 cm³/mol. The molecule has 0 saturated carbocycles. The number of alkyl halides is 2. The molecule has 0 spiro atoms. The molecule has 0 fully saturated rings. The highest BCUT2D eigenvalue weighted by Gasteiger charge is 2.21. The lowest BCUT2D eigenvalue weighted by Crippen LogP contribution is -2.37. The number of amides is 1. The second-order valence-corrected chi connectivity index (χ2v) is 6.77. The second-order valence-electron chi connectivity index (χ2n) is 5.67. The van der Waals surface area contributed by atoms with Crippen molar-refractivity contribution < 1.29 is 9.53 Å². The van der Waals surface area contributed by atoms with E-state index in [2.05, 4.69) is 29.7 Å². The molecular formula is C18H22Cl2N2O2. The molecule has 0 aliphatic carbocycles. The lowest BCUT2D eigenvalue weighted by atomic mass is 10.1. The molecule has 0 aliphatic rings. The van der Waals surface area contributed by atoms with Crippen molar-refractivity contribution in [3.05, 3.63) is 59.4 Å². The van der Waals surface area contributed by atoms with E-state index < -0.39 is 4.84 Å². The van der Waals surface area contributed by atoms with Crippen LogP contribution in [0.15, 0.2) is 42.6 Å². The Balaban J connectivity index is 2.13. The van der Waals surface area contributed by atoms with Crippen molar-refractivity contribution in [2.75, 3.05) is 20.3 Å². The Kier molecular flexibility index (Phi) is 7.16. The SMILES string of the molecule is COCCN(Cc1cccn1Cc1cccc(C)c1)C(=O)C(Cl)Cl. The van der Waals surface area contributed by atoms with Gasteiger partial charge in [0, 0.05) is 32.1 Å². The molecule has 0 unspecified atom stereocenters. The maximum Gasteiger partial charge on any atom is 0.256 e. The Hall–Kier alpha value is -1.49. The number of halogens is 2. The van der Waals surface area contributed by atoms with Gasteiger partial charge in [0.25, 0.3) is 5.91 Å². The molecule has 6 heteroatoms. The van der Waals surface area contributed by atoms with E-state index in [0.29, 0.717) is 19.7 Å². The van der Waals surface area contributed by atoms with Crippen molar-refractivity contribution in [1.82, 2.24) is 9.47 Å². The van der Waals surface area contributed by atoms with Crippen molar-refractivity contribution in [1.29, 1.82) is 0 Å². The Bertz CT molecular complexity index is 671. The second kappa shape index (κ2) is 9.11. The molecule has 2 aromatic rings. The summed E-state index contributed by atoms with van der Waals surface area (Å²) in [5, 5.41) is 0. The van der Waals surface area contributed by atoms with E-state index in [4.69, 9.17) is 27.9 Å². The standard InChI is InChI=1S/C18H22Cl2N2O2/c1-14-5-3-6-15(11-14)12-21-8-4-7-16(21)13-22(9-10-24-2)18(23)17(19)20/h3-8,11,17H,9-10,12-13H2,1-2H3. The molecule has 0 radical (unpaired) electrons. The summed E-state index contributed by atoms with van der Waals surface area (Å²) in [7, 11) is 1.60. The molecule has 130 valence electrons. The Morgan fingerprint density at radius 2 is 2.08 bits per heavy atom. The van der Waals surface area contributed by atoms with Gasteiger partial charge in [-0.2, -0.15) is 0 Å². The fourth-order valence-electron chi connectivity index (χ4n) is 2.56. The smallest absolute Gasteiger partial charge is 0.256 e. The van der Waals surface area contributed by atoms with E-state index in [9.17, 15) is 4.79 Å². The number of benzene rings is 1. The minimum absolute atomic E-state index is 0.307. The topological polar surface area (TPSA) is 34.5 Å². The monoisotopic (exact) mass is 368 g/mol. The van der Waals surface area contributed by atoms with E-state index in [1.54, 1.807) is 12.0 Å². The molecular weight excluding hydrogens is 347 g/mol. The summed E-state index contributed by atoms with van der Waals surface area (Å²) in [6, 6.07) is 12.4. The van der Waals surface area contributed by atoms with Crippen LogP contribution in [0, 0.1) is 6.92 Å². The van der Waals surface area contributed by atoms with Gasteiger partial charge in [0.15, 0.2) is 4.84 Å². The minimum Gasteiger partial charge on any atom is -0.383 e. The molecule has 0 N–H and O–H groups in total. The third kappa shape index (κ3) is 5.26. The van der Waals surface area contributed by atoms with Crippen LogP contribution < -0.4 is 0 Å². The summed E-state index contributed by atoms with van der Waals surface area (Å²) in [4.78, 5) is 12.7. The maximum absolute atomic E-state index is 12.2. The van der Waals surface area contributed by atoms with Gasteiger partial charge < -0.3 is 14.2 Å². The molecule has 2 rings (SSSR count). The number of ether oxygens (including phenoxy) is 1. The molecule has 1 amide bonds. The zero-order chi connectivity index (χ0) is 17.5. The summed E-state index contributed by atoms with van der Waals surface area (Å²) in [6.45, 7) is 4.15. The van der Waals surface area contributed by atoms with E-state index in [1.807, 2.05) is 24.4 Å². The Morgan fingerprint density at radius 1 is 1.29 bits per heavy atom. The summed E-state index contributed by atoms with van der Waals surface area (Å²) in [6.07, 6.45) is 2.01. The van der Waals surface area contributed by atoms with Crippen molar-refractivity contribution in [2.45, 2.75) is 24.8 Å². The number of hydrogen-bond acceptors (Lipinski definition) is 2. The zero-order valence-electron chi connectivity index (χ0n) is 13.9. The Labute approximate surface area is 152 Å². The average Bonchev–Trinajstić information content (AvgIpc) is 2.97. The fraction of sp³-hybridized carbons (Fsp3) is 0.389. The first-order chi connectivity index (χ1) is 11.5. The van der Waals surface area contributed by atoms with Crippen molar-refractivity contribution in [3.63, 3.8) is 0 Å². The third-order valence-electron chi connectivity index (χ3n) is 3.78. The van der Waals surface area contributed by atoms with E-state index >= 15 is 0 Å². The fourth-order valence-corrected chi connectivity index (χ4v) is 2.83. The van der Waals surface area contributed by atoms with Gasteiger partial charge >= 0.3 is 0 Å². The number of aromatic nitrogens is 1. The first kappa shape index (κ1) is 18.8. The number of carbonyl (C=O) groups excluding carboxylic acids is 1. The molecule has 0 aliphatic heterocycles. The Morgan fingerprint density at radius 3 is 2.75 bits per heavy atom.